The van der Waals surface area contributed by atoms with Gasteiger partial charge >= 0.3 is 0 Å². The smallest absolute Gasteiger partial charge is 0.231 e. The highest BCUT2D eigenvalue weighted by molar-refractivity contribution is 7.80. The molecule has 1 aliphatic heterocycles. The van der Waals surface area contributed by atoms with E-state index in [4.69, 9.17) is 21.7 Å². The highest BCUT2D eigenvalue weighted by Crippen LogP contribution is 2.34. The van der Waals surface area contributed by atoms with Crippen LogP contribution >= 0.6 is 12.2 Å². The minimum atomic E-state index is 0.0715. The molecule has 0 fully saturated rings. The van der Waals surface area contributed by atoms with Crippen molar-refractivity contribution in [1.82, 2.24) is 5.32 Å². The van der Waals surface area contributed by atoms with Gasteiger partial charge in [-0.3, -0.25) is 0 Å². The highest BCUT2D eigenvalue weighted by Gasteiger charge is 2.23. The van der Waals surface area contributed by atoms with Gasteiger partial charge in [-0.1, -0.05) is 44.2 Å². The fourth-order valence-electron chi connectivity index (χ4n) is 3.19. The molecule has 0 aromatic heterocycles. The van der Waals surface area contributed by atoms with Crippen LogP contribution in [0.2, 0.25) is 0 Å². The summed E-state index contributed by atoms with van der Waals surface area (Å²) < 4.78 is 10.7. The van der Waals surface area contributed by atoms with Crippen LogP contribution < -0.4 is 20.1 Å². The number of nitrogens with one attached hydrogen (secondary N) is 2. The molecule has 0 unspecified atom stereocenters. The van der Waals surface area contributed by atoms with Gasteiger partial charge in [0.25, 0.3) is 0 Å². The van der Waals surface area contributed by atoms with E-state index in [0.717, 1.165) is 23.6 Å². The molecule has 2 aromatic carbocycles. The molecule has 0 radical (unpaired) electrons. The lowest BCUT2D eigenvalue weighted by Crippen LogP contribution is -2.39. The first kappa shape index (κ1) is 17.5. The molecule has 0 saturated heterocycles. The van der Waals surface area contributed by atoms with Crippen LogP contribution in [0.5, 0.6) is 11.5 Å². The lowest BCUT2D eigenvalue weighted by Gasteiger charge is -2.29. The minimum absolute atomic E-state index is 0.0715. The SMILES string of the molecule is C[C@H](CC(C)(C)c1ccccc1)NC(=S)Nc1ccc2c(c1)OCO2. The van der Waals surface area contributed by atoms with Gasteiger partial charge in [0.15, 0.2) is 16.6 Å². The molecular formula is C20H24N2O2S. The van der Waals surface area contributed by atoms with E-state index < -0.39 is 0 Å². The zero-order chi connectivity index (χ0) is 17.9. The second-order valence-corrected chi connectivity index (χ2v) is 7.43. The van der Waals surface area contributed by atoms with Crippen LogP contribution in [0.1, 0.15) is 32.8 Å². The van der Waals surface area contributed by atoms with Gasteiger partial charge in [0.2, 0.25) is 6.79 Å². The standard InChI is InChI=1S/C20H24N2O2S/c1-14(12-20(2,3)15-7-5-4-6-8-15)21-19(25)22-16-9-10-17-18(11-16)24-13-23-17/h4-11,14H,12-13H2,1-3H3,(H2,21,22,25)/t14-/m1/s1. The van der Waals surface area contributed by atoms with Gasteiger partial charge < -0.3 is 20.1 Å². The van der Waals surface area contributed by atoms with Crippen LogP contribution in [0.15, 0.2) is 48.5 Å². The molecule has 5 heteroatoms. The van der Waals surface area contributed by atoms with E-state index in [1.165, 1.54) is 5.56 Å². The normalized spacial score (nSPS) is 14.0. The highest BCUT2D eigenvalue weighted by atomic mass is 32.1. The van der Waals surface area contributed by atoms with Crippen molar-refractivity contribution >= 4 is 23.0 Å². The fourth-order valence-corrected chi connectivity index (χ4v) is 3.51. The lowest BCUT2D eigenvalue weighted by molar-refractivity contribution is 0.174. The average molecular weight is 356 g/mol. The molecule has 0 amide bonds. The Morgan fingerprint density at radius 1 is 1.12 bits per heavy atom. The molecule has 3 rings (SSSR count). The monoisotopic (exact) mass is 356 g/mol. The van der Waals surface area contributed by atoms with Gasteiger partial charge in [-0.2, -0.15) is 0 Å². The number of fused-ring (bicyclic) bond motifs is 1. The van der Waals surface area contributed by atoms with E-state index in [1.54, 1.807) is 0 Å². The molecule has 0 spiro atoms. The van der Waals surface area contributed by atoms with Crippen LogP contribution in [-0.2, 0) is 5.41 Å². The summed E-state index contributed by atoms with van der Waals surface area (Å²) in [6, 6.07) is 16.5. The summed E-state index contributed by atoms with van der Waals surface area (Å²) >= 11 is 5.45. The van der Waals surface area contributed by atoms with Crippen LogP contribution in [0.4, 0.5) is 5.69 Å². The predicted molar refractivity (Wildman–Crippen MR) is 105 cm³/mol. The number of hydrogen-bond donors (Lipinski definition) is 2. The number of hydrogen-bond acceptors (Lipinski definition) is 3. The maximum Gasteiger partial charge on any atom is 0.231 e. The quantitative estimate of drug-likeness (QED) is 0.775. The Balaban J connectivity index is 1.55. The van der Waals surface area contributed by atoms with E-state index in [9.17, 15) is 0 Å². The van der Waals surface area contributed by atoms with Crippen molar-refractivity contribution in [2.75, 3.05) is 12.1 Å². The number of anilines is 1. The number of ether oxygens (including phenoxy) is 2. The first-order valence-electron chi connectivity index (χ1n) is 8.47. The van der Waals surface area contributed by atoms with E-state index in [1.807, 2.05) is 24.3 Å². The number of rotatable bonds is 5. The van der Waals surface area contributed by atoms with Gasteiger partial charge in [0, 0.05) is 17.8 Å². The maximum absolute atomic E-state index is 5.45. The molecule has 2 N–H and O–H groups in total. The first-order chi connectivity index (χ1) is 11.9. The maximum atomic E-state index is 5.45. The predicted octanol–water partition coefficient (Wildman–Crippen LogP) is 4.46. The van der Waals surface area contributed by atoms with Crippen molar-refractivity contribution in [1.29, 1.82) is 0 Å². The Bertz CT molecular complexity index is 747. The molecule has 1 heterocycles. The van der Waals surface area contributed by atoms with Crippen molar-refractivity contribution in [2.45, 2.75) is 38.6 Å². The van der Waals surface area contributed by atoms with E-state index in [0.29, 0.717) is 5.11 Å². The Kier molecular flexibility index (Phi) is 5.13. The fraction of sp³-hybridized carbons (Fsp3) is 0.350. The molecule has 2 aromatic rings. The molecular weight excluding hydrogens is 332 g/mol. The summed E-state index contributed by atoms with van der Waals surface area (Å²) in [7, 11) is 0. The Morgan fingerprint density at radius 2 is 1.84 bits per heavy atom. The van der Waals surface area contributed by atoms with Crippen molar-refractivity contribution < 1.29 is 9.47 Å². The van der Waals surface area contributed by atoms with Gasteiger partial charge in [-0.15, -0.1) is 0 Å². The molecule has 0 bridgehead atoms. The van der Waals surface area contributed by atoms with Gasteiger partial charge in [0.1, 0.15) is 0 Å². The van der Waals surface area contributed by atoms with Crippen molar-refractivity contribution in [2.24, 2.45) is 0 Å². The van der Waals surface area contributed by atoms with Gasteiger partial charge in [-0.05, 0) is 48.7 Å². The van der Waals surface area contributed by atoms with Crippen LogP contribution in [0.25, 0.3) is 0 Å². The second-order valence-electron chi connectivity index (χ2n) is 7.02. The van der Waals surface area contributed by atoms with E-state index in [-0.39, 0.29) is 18.2 Å². The third kappa shape index (κ3) is 4.42. The lowest BCUT2D eigenvalue weighted by atomic mass is 9.79. The van der Waals surface area contributed by atoms with Crippen molar-refractivity contribution in [3.8, 4) is 11.5 Å². The van der Waals surface area contributed by atoms with Gasteiger partial charge in [-0.25, -0.2) is 0 Å². The summed E-state index contributed by atoms with van der Waals surface area (Å²) in [5.41, 5.74) is 2.29. The van der Waals surface area contributed by atoms with Crippen LogP contribution in [0, 0.1) is 0 Å². The molecule has 0 aliphatic carbocycles. The summed E-state index contributed by atoms with van der Waals surface area (Å²) in [6.07, 6.45) is 0.972. The Morgan fingerprint density at radius 3 is 2.60 bits per heavy atom. The van der Waals surface area contributed by atoms with Crippen LogP contribution in [0.3, 0.4) is 0 Å². The molecule has 25 heavy (non-hydrogen) atoms. The molecule has 1 aliphatic rings. The van der Waals surface area contributed by atoms with Gasteiger partial charge in [0.05, 0.1) is 0 Å². The van der Waals surface area contributed by atoms with Crippen LogP contribution in [-0.4, -0.2) is 17.9 Å². The number of benzene rings is 2. The molecule has 0 saturated carbocycles. The topological polar surface area (TPSA) is 42.5 Å². The summed E-state index contributed by atoms with van der Waals surface area (Å²) in [6.45, 7) is 6.94. The largest absolute Gasteiger partial charge is 0.454 e. The zero-order valence-electron chi connectivity index (χ0n) is 14.8. The molecule has 132 valence electrons. The second kappa shape index (κ2) is 7.31. The third-order valence-electron chi connectivity index (χ3n) is 4.38. The summed E-state index contributed by atoms with van der Waals surface area (Å²) in [5.74, 6) is 1.51. The molecule has 4 nitrogen and oxygen atoms in total. The Labute approximate surface area is 154 Å². The van der Waals surface area contributed by atoms with Crippen molar-refractivity contribution in [3.63, 3.8) is 0 Å². The van der Waals surface area contributed by atoms with E-state index in [2.05, 4.69) is 55.7 Å². The van der Waals surface area contributed by atoms with E-state index >= 15 is 0 Å². The third-order valence-corrected chi connectivity index (χ3v) is 4.60. The Hall–Kier alpha value is -2.27. The number of thiocarbonyl (C=S) groups is 1. The minimum Gasteiger partial charge on any atom is -0.454 e. The average Bonchev–Trinajstić information content (AvgIpc) is 3.02. The summed E-state index contributed by atoms with van der Waals surface area (Å²) in [5, 5.41) is 7.19. The first-order valence-corrected chi connectivity index (χ1v) is 8.87. The van der Waals surface area contributed by atoms with Crippen molar-refractivity contribution in [3.05, 3.63) is 54.1 Å². The zero-order valence-corrected chi connectivity index (χ0v) is 15.7. The molecule has 1 atom stereocenters. The summed E-state index contributed by atoms with van der Waals surface area (Å²) in [4.78, 5) is 0.